The fraction of sp³-hybridized carbons (Fsp3) is 0.609. The lowest BCUT2D eigenvalue weighted by molar-refractivity contribution is 0.241. The van der Waals surface area contributed by atoms with Gasteiger partial charge in [-0.2, -0.15) is 0 Å². The molecule has 4 rings (SSSR count). The number of piperidine rings is 1. The Morgan fingerprint density at radius 2 is 1.89 bits per heavy atom. The summed E-state index contributed by atoms with van der Waals surface area (Å²) in [4.78, 5) is 18.9. The van der Waals surface area contributed by atoms with Gasteiger partial charge in [0.25, 0.3) is 0 Å². The van der Waals surface area contributed by atoms with Gasteiger partial charge >= 0.3 is 0 Å². The standard InChI is InChI=1S/C23H33N5/c1-3-27(17-20-7-8-20)13-9-19-10-14-28(15-11-19)22-16-18(2)25-23(26-22)21-6-4-5-12-24-21/h4-6,12,16,19-20H,3,7-11,13-15,17H2,1-2H3. The molecule has 2 aliphatic rings. The zero-order chi connectivity index (χ0) is 19.3. The van der Waals surface area contributed by atoms with Crippen molar-refractivity contribution in [3.63, 3.8) is 0 Å². The Hall–Kier alpha value is -2.01. The number of hydrogen-bond donors (Lipinski definition) is 0. The van der Waals surface area contributed by atoms with Crippen LogP contribution < -0.4 is 4.90 Å². The lowest BCUT2D eigenvalue weighted by Crippen LogP contribution is -2.36. The van der Waals surface area contributed by atoms with Crippen molar-refractivity contribution in [2.75, 3.05) is 37.6 Å². The molecule has 0 bridgehead atoms. The monoisotopic (exact) mass is 379 g/mol. The average Bonchev–Trinajstić information content (AvgIpc) is 3.56. The van der Waals surface area contributed by atoms with E-state index in [1.807, 2.05) is 25.1 Å². The van der Waals surface area contributed by atoms with Gasteiger partial charge in [-0.15, -0.1) is 0 Å². The first-order valence-corrected chi connectivity index (χ1v) is 11.0. The fourth-order valence-electron chi connectivity index (χ4n) is 4.18. The number of hydrogen-bond acceptors (Lipinski definition) is 5. The summed E-state index contributed by atoms with van der Waals surface area (Å²) in [6, 6.07) is 8.00. The van der Waals surface area contributed by atoms with Crippen LogP contribution in [0.2, 0.25) is 0 Å². The SMILES string of the molecule is CCN(CCC1CCN(c2cc(C)nc(-c3ccccn3)n2)CC1)CC1CC1. The van der Waals surface area contributed by atoms with Crippen molar-refractivity contribution in [2.24, 2.45) is 11.8 Å². The second-order valence-electron chi connectivity index (χ2n) is 8.46. The summed E-state index contributed by atoms with van der Waals surface area (Å²) in [5, 5.41) is 0. The van der Waals surface area contributed by atoms with Crippen LogP contribution in [0.1, 0.15) is 44.7 Å². The van der Waals surface area contributed by atoms with Gasteiger partial charge in [0, 0.05) is 37.6 Å². The fourth-order valence-corrected chi connectivity index (χ4v) is 4.18. The van der Waals surface area contributed by atoms with Crippen LogP contribution in [-0.2, 0) is 0 Å². The van der Waals surface area contributed by atoms with Gasteiger partial charge in [-0.1, -0.05) is 13.0 Å². The Labute approximate surface area is 169 Å². The molecular formula is C23H33N5. The van der Waals surface area contributed by atoms with Gasteiger partial charge in [0.05, 0.1) is 0 Å². The smallest absolute Gasteiger partial charge is 0.180 e. The predicted molar refractivity (Wildman–Crippen MR) is 114 cm³/mol. The summed E-state index contributed by atoms with van der Waals surface area (Å²) in [6.07, 6.45) is 8.58. The van der Waals surface area contributed by atoms with Crippen molar-refractivity contribution in [1.82, 2.24) is 19.9 Å². The highest BCUT2D eigenvalue weighted by Crippen LogP contribution is 2.30. The van der Waals surface area contributed by atoms with Crippen molar-refractivity contribution in [2.45, 2.75) is 46.0 Å². The van der Waals surface area contributed by atoms with E-state index in [1.54, 1.807) is 6.20 Å². The summed E-state index contributed by atoms with van der Waals surface area (Å²) in [6.45, 7) is 10.3. The van der Waals surface area contributed by atoms with Crippen LogP contribution >= 0.6 is 0 Å². The lowest BCUT2D eigenvalue weighted by atomic mass is 9.93. The molecule has 0 atom stereocenters. The third kappa shape index (κ3) is 5.07. The van der Waals surface area contributed by atoms with Gasteiger partial charge in [0.2, 0.25) is 0 Å². The van der Waals surface area contributed by atoms with E-state index < -0.39 is 0 Å². The molecule has 5 nitrogen and oxygen atoms in total. The first kappa shape index (κ1) is 19.3. The number of aromatic nitrogens is 3. The Kier molecular flexibility index (Phi) is 6.20. The molecule has 5 heteroatoms. The second kappa shape index (κ2) is 8.99. The van der Waals surface area contributed by atoms with Gasteiger partial charge in [0.15, 0.2) is 5.82 Å². The highest BCUT2D eigenvalue weighted by atomic mass is 15.2. The van der Waals surface area contributed by atoms with E-state index in [-0.39, 0.29) is 0 Å². The Morgan fingerprint density at radius 3 is 2.57 bits per heavy atom. The Bertz CT molecular complexity index is 751. The minimum absolute atomic E-state index is 0.733. The zero-order valence-electron chi connectivity index (χ0n) is 17.3. The molecule has 0 amide bonds. The van der Waals surface area contributed by atoms with Crippen LogP contribution in [0.5, 0.6) is 0 Å². The van der Waals surface area contributed by atoms with Crippen LogP contribution in [0.15, 0.2) is 30.5 Å². The topological polar surface area (TPSA) is 45.2 Å². The molecule has 2 fully saturated rings. The van der Waals surface area contributed by atoms with Gasteiger partial charge in [0.1, 0.15) is 11.5 Å². The number of aryl methyl sites for hydroxylation is 1. The molecule has 1 saturated carbocycles. The normalized spacial score (nSPS) is 18.0. The van der Waals surface area contributed by atoms with Crippen LogP contribution in [0.25, 0.3) is 11.5 Å². The Morgan fingerprint density at radius 1 is 1.07 bits per heavy atom. The molecule has 150 valence electrons. The summed E-state index contributed by atoms with van der Waals surface area (Å²) in [7, 11) is 0. The number of nitrogens with zero attached hydrogens (tertiary/aromatic N) is 5. The average molecular weight is 380 g/mol. The molecule has 3 heterocycles. The molecular weight excluding hydrogens is 346 g/mol. The van der Waals surface area contributed by atoms with E-state index in [4.69, 9.17) is 4.98 Å². The zero-order valence-corrected chi connectivity index (χ0v) is 17.3. The quantitative estimate of drug-likeness (QED) is 0.688. The molecule has 28 heavy (non-hydrogen) atoms. The third-order valence-corrected chi connectivity index (χ3v) is 6.19. The molecule has 2 aromatic heterocycles. The second-order valence-corrected chi connectivity index (χ2v) is 8.46. The van der Waals surface area contributed by atoms with Crippen LogP contribution in [-0.4, -0.2) is 52.6 Å². The van der Waals surface area contributed by atoms with Gasteiger partial charge < -0.3 is 9.80 Å². The summed E-state index contributed by atoms with van der Waals surface area (Å²) in [5.41, 5.74) is 1.85. The highest BCUT2D eigenvalue weighted by Gasteiger charge is 2.25. The Balaban J connectivity index is 1.32. The maximum Gasteiger partial charge on any atom is 0.180 e. The van der Waals surface area contributed by atoms with Crippen molar-refractivity contribution >= 4 is 5.82 Å². The molecule has 0 unspecified atom stereocenters. The van der Waals surface area contributed by atoms with E-state index in [0.29, 0.717) is 0 Å². The van der Waals surface area contributed by atoms with Crippen molar-refractivity contribution < 1.29 is 0 Å². The molecule has 1 aliphatic heterocycles. The van der Waals surface area contributed by atoms with E-state index >= 15 is 0 Å². The minimum atomic E-state index is 0.733. The number of rotatable bonds is 8. The largest absolute Gasteiger partial charge is 0.356 e. The van der Waals surface area contributed by atoms with Crippen molar-refractivity contribution in [3.05, 3.63) is 36.2 Å². The molecule has 1 aliphatic carbocycles. The van der Waals surface area contributed by atoms with Crippen molar-refractivity contribution in [3.8, 4) is 11.5 Å². The maximum absolute atomic E-state index is 4.82. The molecule has 0 spiro atoms. The van der Waals surface area contributed by atoms with E-state index in [1.165, 1.54) is 51.7 Å². The summed E-state index contributed by atoms with van der Waals surface area (Å²) in [5.74, 6) is 3.63. The molecule has 0 N–H and O–H groups in total. The molecule has 0 radical (unpaired) electrons. The highest BCUT2D eigenvalue weighted by molar-refractivity contribution is 5.53. The van der Waals surface area contributed by atoms with E-state index in [2.05, 4.69) is 32.8 Å². The van der Waals surface area contributed by atoms with Crippen molar-refractivity contribution in [1.29, 1.82) is 0 Å². The summed E-state index contributed by atoms with van der Waals surface area (Å²) < 4.78 is 0. The molecule has 0 aromatic carbocycles. The molecule has 2 aromatic rings. The first-order chi connectivity index (χ1) is 13.7. The van der Waals surface area contributed by atoms with Gasteiger partial charge in [-0.05, 0) is 76.1 Å². The van der Waals surface area contributed by atoms with Crippen LogP contribution in [0.4, 0.5) is 5.82 Å². The van der Waals surface area contributed by atoms with E-state index in [9.17, 15) is 0 Å². The van der Waals surface area contributed by atoms with Gasteiger partial charge in [-0.3, -0.25) is 4.98 Å². The van der Waals surface area contributed by atoms with Crippen LogP contribution in [0.3, 0.4) is 0 Å². The third-order valence-electron chi connectivity index (χ3n) is 6.19. The first-order valence-electron chi connectivity index (χ1n) is 11.0. The lowest BCUT2D eigenvalue weighted by Gasteiger charge is -2.34. The predicted octanol–water partition coefficient (Wildman–Crippen LogP) is 4.19. The van der Waals surface area contributed by atoms with Gasteiger partial charge in [-0.25, -0.2) is 9.97 Å². The molecule has 1 saturated heterocycles. The number of anilines is 1. The minimum Gasteiger partial charge on any atom is -0.356 e. The van der Waals surface area contributed by atoms with E-state index in [0.717, 1.165) is 48.0 Å². The number of pyridine rings is 1. The maximum atomic E-state index is 4.82. The van der Waals surface area contributed by atoms with Crippen LogP contribution in [0, 0.1) is 18.8 Å². The summed E-state index contributed by atoms with van der Waals surface area (Å²) >= 11 is 0.